The third kappa shape index (κ3) is 8.92. The van der Waals surface area contributed by atoms with Gasteiger partial charge in [0.05, 0.1) is 0 Å². The minimum absolute atomic E-state index is 0. The molecule has 0 heterocycles. The Morgan fingerprint density at radius 1 is 1.75 bits per heavy atom. The highest BCUT2D eigenvalue weighted by Crippen LogP contribution is 1.68. The zero-order valence-electron chi connectivity index (χ0n) is 4.72. The molecule has 0 aliphatic heterocycles. The second kappa shape index (κ2) is 6.10. The number of carbonyl (C=O) groups is 2. The lowest BCUT2D eigenvalue weighted by molar-refractivity contribution is -0.143. The van der Waals surface area contributed by atoms with E-state index in [2.05, 4.69) is 4.74 Å². The van der Waals surface area contributed by atoms with Crippen molar-refractivity contribution in [1.29, 1.82) is 0 Å². The highest BCUT2D eigenvalue weighted by Gasteiger charge is 1.85. The topological polar surface area (TPSA) is 78.4 Å². The molecule has 48 valence electrons. The van der Waals surface area contributed by atoms with Crippen LogP contribution in [0.5, 0.6) is 0 Å². The first-order chi connectivity index (χ1) is 3.27. The van der Waals surface area contributed by atoms with Gasteiger partial charge in [0.1, 0.15) is 6.61 Å². The Kier molecular flexibility index (Phi) is 7.74. The molecular weight excluding hydrogens is 110 g/mol. The molecule has 0 aromatic carbocycles. The highest BCUT2D eigenvalue weighted by atomic mass is 16.5. The molecule has 0 saturated heterocycles. The minimum atomic E-state index is -0.424. The number of esters is 1. The fourth-order valence-corrected chi connectivity index (χ4v) is 0.151. The summed E-state index contributed by atoms with van der Waals surface area (Å²) in [5.74, 6) is -0.424. The first-order valence-corrected chi connectivity index (χ1v) is 1.84. The van der Waals surface area contributed by atoms with Gasteiger partial charge in [0.2, 0.25) is 0 Å². The molecule has 0 aromatic heterocycles. The third-order valence-corrected chi connectivity index (χ3v) is 0.355. The number of rotatable bonds is 2. The number of carbonyl (C=O) groups excluding carboxylic acids is 2. The van der Waals surface area contributed by atoms with Gasteiger partial charge in [-0.15, -0.1) is 0 Å². The smallest absolute Gasteiger partial charge is 0.303 e. The summed E-state index contributed by atoms with van der Waals surface area (Å²) in [6.45, 7) is 1.12. The molecule has 0 radical (unpaired) electrons. The van der Waals surface area contributed by atoms with Crippen molar-refractivity contribution in [2.24, 2.45) is 0 Å². The molecule has 0 aliphatic carbocycles. The first kappa shape index (κ1) is 10.2. The van der Waals surface area contributed by atoms with E-state index in [1.165, 1.54) is 6.92 Å². The monoisotopic (exact) mass is 119 g/mol. The number of hydrogen-bond acceptors (Lipinski definition) is 4. The average molecular weight is 119 g/mol. The van der Waals surface area contributed by atoms with E-state index in [1.54, 1.807) is 0 Å². The predicted octanol–water partition coefficient (Wildman–Crippen LogP) is -0.0896. The Labute approximate surface area is 47.4 Å². The van der Waals surface area contributed by atoms with E-state index in [0.29, 0.717) is 6.29 Å². The van der Waals surface area contributed by atoms with Crippen molar-refractivity contribution in [3.8, 4) is 0 Å². The van der Waals surface area contributed by atoms with Crippen LogP contribution in [0.15, 0.2) is 0 Å². The van der Waals surface area contributed by atoms with E-state index in [1.807, 2.05) is 0 Å². The number of hydrogen-bond donors (Lipinski definition) is 1. The van der Waals surface area contributed by atoms with Gasteiger partial charge in [0.15, 0.2) is 6.29 Å². The van der Waals surface area contributed by atoms with Gasteiger partial charge in [-0.05, 0) is 0 Å². The summed E-state index contributed by atoms with van der Waals surface area (Å²) in [7, 11) is 0. The fourth-order valence-electron chi connectivity index (χ4n) is 0.151. The van der Waals surface area contributed by atoms with E-state index < -0.39 is 5.97 Å². The summed E-state index contributed by atoms with van der Waals surface area (Å²) in [5.41, 5.74) is 0. The van der Waals surface area contributed by atoms with Crippen LogP contribution in [0.1, 0.15) is 6.92 Å². The summed E-state index contributed by atoms with van der Waals surface area (Å²) < 4.78 is 4.18. The minimum Gasteiger partial charge on any atom is -0.458 e. The van der Waals surface area contributed by atoms with Crippen molar-refractivity contribution in [2.45, 2.75) is 6.92 Å². The molecule has 0 aliphatic rings. The molecule has 0 saturated carbocycles. The van der Waals surface area contributed by atoms with E-state index in [9.17, 15) is 9.59 Å². The summed E-state index contributed by atoms with van der Waals surface area (Å²) in [5, 5.41) is 0. The zero-order valence-corrected chi connectivity index (χ0v) is 4.72. The lowest BCUT2D eigenvalue weighted by atomic mass is 10.8. The summed E-state index contributed by atoms with van der Waals surface area (Å²) in [4.78, 5) is 19.3. The van der Waals surface area contributed by atoms with Crippen LogP contribution in [0.4, 0.5) is 0 Å². The molecule has 3 N–H and O–H groups in total. The van der Waals surface area contributed by atoms with E-state index in [0.717, 1.165) is 0 Å². The van der Waals surface area contributed by atoms with Gasteiger partial charge in [0, 0.05) is 6.92 Å². The van der Waals surface area contributed by atoms with Crippen molar-refractivity contribution in [1.82, 2.24) is 6.15 Å². The van der Waals surface area contributed by atoms with Crippen molar-refractivity contribution >= 4 is 12.3 Å². The van der Waals surface area contributed by atoms with Crippen LogP contribution in [0.25, 0.3) is 0 Å². The van der Waals surface area contributed by atoms with Crippen LogP contribution in [0.2, 0.25) is 0 Å². The van der Waals surface area contributed by atoms with Crippen LogP contribution >= 0.6 is 0 Å². The van der Waals surface area contributed by atoms with Gasteiger partial charge >= 0.3 is 5.97 Å². The zero-order chi connectivity index (χ0) is 5.70. The Morgan fingerprint density at radius 2 is 2.25 bits per heavy atom. The van der Waals surface area contributed by atoms with Crippen molar-refractivity contribution in [2.75, 3.05) is 6.61 Å². The third-order valence-electron chi connectivity index (χ3n) is 0.355. The molecule has 0 spiro atoms. The van der Waals surface area contributed by atoms with Crippen molar-refractivity contribution in [3.05, 3.63) is 0 Å². The molecule has 0 bridgehead atoms. The van der Waals surface area contributed by atoms with Crippen molar-refractivity contribution in [3.63, 3.8) is 0 Å². The molecule has 4 heteroatoms. The molecule has 4 nitrogen and oxygen atoms in total. The van der Waals surface area contributed by atoms with Crippen LogP contribution < -0.4 is 6.15 Å². The molecule has 0 atom stereocenters. The Balaban J connectivity index is 0. The van der Waals surface area contributed by atoms with Gasteiger partial charge in [-0.3, -0.25) is 9.59 Å². The predicted molar refractivity (Wildman–Crippen MR) is 27.7 cm³/mol. The number of ether oxygens (including phenoxy) is 1. The molecule has 0 rings (SSSR count). The quantitative estimate of drug-likeness (QED) is 0.407. The van der Waals surface area contributed by atoms with Gasteiger partial charge in [-0.1, -0.05) is 0 Å². The Bertz CT molecular complexity index is 81.4. The second-order valence-corrected chi connectivity index (χ2v) is 0.969. The van der Waals surface area contributed by atoms with Crippen LogP contribution in [-0.4, -0.2) is 18.9 Å². The maximum atomic E-state index is 9.82. The Hall–Kier alpha value is -0.900. The van der Waals surface area contributed by atoms with Crippen LogP contribution in [-0.2, 0) is 14.3 Å². The largest absolute Gasteiger partial charge is 0.458 e. The summed E-state index contributed by atoms with van der Waals surface area (Å²) in [6.07, 6.45) is 0.529. The van der Waals surface area contributed by atoms with Crippen LogP contribution in [0.3, 0.4) is 0 Å². The maximum absolute atomic E-state index is 9.82. The van der Waals surface area contributed by atoms with Crippen LogP contribution in [0, 0.1) is 0 Å². The second-order valence-electron chi connectivity index (χ2n) is 0.969. The fraction of sp³-hybridized carbons (Fsp3) is 0.500. The highest BCUT2D eigenvalue weighted by molar-refractivity contribution is 5.68. The molecule has 0 amide bonds. The standard InChI is InChI=1S/C4H6O3.H3N/c1-4(6)7-3-2-5;/h2H,3H2,1H3;1H3. The number of aldehydes is 1. The first-order valence-electron chi connectivity index (χ1n) is 1.84. The molecule has 0 fully saturated rings. The summed E-state index contributed by atoms with van der Waals surface area (Å²) >= 11 is 0. The molecule has 0 unspecified atom stereocenters. The van der Waals surface area contributed by atoms with E-state index >= 15 is 0 Å². The summed E-state index contributed by atoms with van der Waals surface area (Å²) in [6, 6.07) is 0. The maximum Gasteiger partial charge on any atom is 0.303 e. The average Bonchev–Trinajstić information content (AvgIpc) is 1.61. The molecule has 8 heavy (non-hydrogen) atoms. The van der Waals surface area contributed by atoms with Gasteiger partial charge in [-0.2, -0.15) is 0 Å². The lowest BCUT2D eigenvalue weighted by Crippen LogP contribution is -2.00. The van der Waals surface area contributed by atoms with Gasteiger partial charge in [-0.25, -0.2) is 0 Å². The molecule has 0 aromatic rings. The van der Waals surface area contributed by atoms with Gasteiger partial charge < -0.3 is 10.9 Å². The SMILES string of the molecule is CC(=O)OCC=O.N. The Morgan fingerprint density at radius 3 is 2.38 bits per heavy atom. The van der Waals surface area contributed by atoms with E-state index in [-0.39, 0.29) is 12.8 Å². The molecular formula is C4H9NO3. The van der Waals surface area contributed by atoms with E-state index in [4.69, 9.17) is 0 Å². The normalized spacial score (nSPS) is 6.62. The van der Waals surface area contributed by atoms with Crippen molar-refractivity contribution < 1.29 is 14.3 Å². The lowest BCUT2D eigenvalue weighted by Gasteiger charge is -1.88. The van der Waals surface area contributed by atoms with Gasteiger partial charge in [0.25, 0.3) is 0 Å².